The van der Waals surface area contributed by atoms with Crippen LogP contribution in [-0.4, -0.2) is 14.5 Å². The average Bonchev–Trinajstić information content (AvgIpc) is 2.83. The van der Waals surface area contributed by atoms with Crippen LogP contribution in [0.3, 0.4) is 0 Å². The van der Waals surface area contributed by atoms with Crippen molar-refractivity contribution in [1.29, 1.82) is 0 Å². The maximum atomic E-state index is 13.4. The number of hydrogen-bond acceptors (Lipinski definition) is 4. The predicted octanol–water partition coefficient (Wildman–Crippen LogP) is 6.27. The SMILES string of the molecule is O=c1c2ccccc2nc(/C=C/c2cccc3ccccc23)n1-c1ccc(Cl)c([N+](=O)[O-])c1. The molecule has 0 aliphatic heterocycles. The molecule has 0 aliphatic carbocycles. The molecule has 0 aliphatic rings. The highest BCUT2D eigenvalue weighted by Crippen LogP contribution is 2.27. The van der Waals surface area contributed by atoms with Crippen LogP contribution >= 0.6 is 11.6 Å². The normalized spacial score (nSPS) is 11.4. The van der Waals surface area contributed by atoms with Gasteiger partial charge in [0.25, 0.3) is 11.2 Å². The fourth-order valence-corrected chi connectivity index (χ4v) is 4.04. The molecular formula is C26H16ClN3O3. The molecule has 7 heteroatoms. The molecule has 1 aromatic heterocycles. The maximum Gasteiger partial charge on any atom is 0.289 e. The third-order valence-corrected chi connectivity index (χ3v) is 5.74. The highest BCUT2D eigenvalue weighted by atomic mass is 35.5. The Hall–Kier alpha value is -4.29. The average molecular weight is 454 g/mol. The molecule has 0 spiro atoms. The summed E-state index contributed by atoms with van der Waals surface area (Å²) >= 11 is 5.99. The molecule has 6 nitrogen and oxygen atoms in total. The molecule has 5 aromatic rings. The van der Waals surface area contributed by atoms with E-state index in [1.165, 1.54) is 16.7 Å². The lowest BCUT2D eigenvalue weighted by Crippen LogP contribution is -2.22. The minimum atomic E-state index is -0.572. The number of aromatic nitrogens is 2. The first-order valence-electron chi connectivity index (χ1n) is 10.1. The van der Waals surface area contributed by atoms with Crippen molar-refractivity contribution in [2.24, 2.45) is 0 Å². The number of rotatable bonds is 4. The molecule has 0 bridgehead atoms. The standard InChI is InChI=1S/C26H16ClN3O3/c27-22-14-13-19(16-24(22)30(32)33)29-25(28-23-11-4-3-10-21(23)26(29)31)15-12-18-8-5-7-17-6-1-2-9-20(17)18/h1-16H/b15-12+. The molecule has 4 aromatic carbocycles. The zero-order chi connectivity index (χ0) is 22.9. The molecule has 160 valence electrons. The summed E-state index contributed by atoms with van der Waals surface area (Å²) in [6, 6.07) is 25.3. The molecule has 1 heterocycles. The lowest BCUT2D eigenvalue weighted by Gasteiger charge is -2.12. The Morgan fingerprint density at radius 1 is 0.879 bits per heavy atom. The van der Waals surface area contributed by atoms with Gasteiger partial charge in [-0.3, -0.25) is 19.5 Å². The number of nitrogens with zero attached hydrogens (tertiary/aromatic N) is 3. The van der Waals surface area contributed by atoms with Crippen LogP contribution in [0.2, 0.25) is 5.02 Å². The predicted molar refractivity (Wildman–Crippen MR) is 132 cm³/mol. The number of fused-ring (bicyclic) bond motifs is 2. The second kappa shape index (κ2) is 8.33. The highest BCUT2D eigenvalue weighted by molar-refractivity contribution is 6.32. The van der Waals surface area contributed by atoms with E-state index in [-0.39, 0.29) is 16.3 Å². The van der Waals surface area contributed by atoms with E-state index in [9.17, 15) is 14.9 Å². The summed E-state index contributed by atoms with van der Waals surface area (Å²) in [4.78, 5) is 29.0. The molecular weight excluding hydrogens is 438 g/mol. The highest BCUT2D eigenvalue weighted by Gasteiger charge is 2.17. The molecule has 33 heavy (non-hydrogen) atoms. The minimum absolute atomic E-state index is 0.00149. The summed E-state index contributed by atoms with van der Waals surface area (Å²) in [5.41, 5.74) is 1.21. The van der Waals surface area contributed by atoms with Crippen LogP contribution in [0.5, 0.6) is 0 Å². The van der Waals surface area contributed by atoms with Gasteiger partial charge in [0.1, 0.15) is 10.8 Å². The van der Waals surface area contributed by atoms with Crippen LogP contribution in [0.4, 0.5) is 5.69 Å². The lowest BCUT2D eigenvalue weighted by molar-refractivity contribution is -0.384. The minimum Gasteiger partial charge on any atom is -0.268 e. The topological polar surface area (TPSA) is 78.0 Å². The van der Waals surface area contributed by atoms with E-state index >= 15 is 0 Å². The maximum absolute atomic E-state index is 13.4. The van der Waals surface area contributed by atoms with Crippen LogP contribution < -0.4 is 5.56 Å². The van der Waals surface area contributed by atoms with Gasteiger partial charge in [-0.1, -0.05) is 72.3 Å². The molecule has 0 saturated heterocycles. The second-order valence-electron chi connectivity index (χ2n) is 7.42. The molecule has 0 N–H and O–H groups in total. The van der Waals surface area contributed by atoms with Crippen molar-refractivity contribution < 1.29 is 4.92 Å². The smallest absolute Gasteiger partial charge is 0.268 e. The van der Waals surface area contributed by atoms with E-state index in [2.05, 4.69) is 4.98 Å². The lowest BCUT2D eigenvalue weighted by atomic mass is 10.0. The van der Waals surface area contributed by atoms with Crippen molar-refractivity contribution in [3.8, 4) is 5.69 Å². The first-order chi connectivity index (χ1) is 16.0. The largest absolute Gasteiger partial charge is 0.289 e. The number of hydrogen-bond donors (Lipinski definition) is 0. The molecule has 0 saturated carbocycles. The monoisotopic (exact) mass is 453 g/mol. The van der Waals surface area contributed by atoms with Gasteiger partial charge in [0, 0.05) is 6.07 Å². The van der Waals surface area contributed by atoms with Crippen LogP contribution in [0.25, 0.3) is 39.5 Å². The Kier molecular flexibility index (Phi) is 5.20. The first kappa shape index (κ1) is 20.6. The summed E-state index contributed by atoms with van der Waals surface area (Å²) in [5, 5.41) is 14.0. The van der Waals surface area contributed by atoms with Crippen LogP contribution in [-0.2, 0) is 0 Å². The Labute approximate surface area is 193 Å². The Morgan fingerprint density at radius 3 is 2.42 bits per heavy atom. The molecule has 0 radical (unpaired) electrons. The molecule has 0 atom stereocenters. The van der Waals surface area contributed by atoms with Gasteiger partial charge < -0.3 is 0 Å². The number of para-hydroxylation sites is 1. The molecule has 0 amide bonds. The van der Waals surface area contributed by atoms with Crippen molar-refractivity contribution in [3.05, 3.63) is 122 Å². The third kappa shape index (κ3) is 3.77. The number of nitro benzene ring substituents is 1. The summed E-state index contributed by atoms with van der Waals surface area (Å²) in [5.74, 6) is 0.350. The zero-order valence-corrected chi connectivity index (χ0v) is 17.9. The Balaban J connectivity index is 1.75. The molecule has 5 rings (SSSR count). The summed E-state index contributed by atoms with van der Waals surface area (Å²) < 4.78 is 1.37. The first-order valence-corrected chi connectivity index (χ1v) is 10.5. The quantitative estimate of drug-likeness (QED) is 0.237. The van der Waals surface area contributed by atoms with Gasteiger partial charge >= 0.3 is 0 Å². The van der Waals surface area contributed by atoms with E-state index in [1.54, 1.807) is 30.3 Å². The van der Waals surface area contributed by atoms with Gasteiger partial charge in [-0.25, -0.2) is 4.98 Å². The Bertz CT molecular complexity index is 1630. The van der Waals surface area contributed by atoms with E-state index in [0.717, 1.165) is 16.3 Å². The number of halogens is 1. The summed E-state index contributed by atoms with van der Waals surface area (Å²) in [7, 11) is 0. The van der Waals surface area contributed by atoms with E-state index in [1.807, 2.05) is 54.6 Å². The van der Waals surface area contributed by atoms with Crippen molar-refractivity contribution in [3.63, 3.8) is 0 Å². The van der Waals surface area contributed by atoms with Crippen LogP contribution in [0, 0.1) is 10.1 Å². The van der Waals surface area contributed by atoms with Crippen LogP contribution in [0.15, 0.2) is 89.7 Å². The van der Waals surface area contributed by atoms with Gasteiger partial charge in [0.05, 0.1) is 21.5 Å². The van der Waals surface area contributed by atoms with E-state index < -0.39 is 4.92 Å². The van der Waals surface area contributed by atoms with Gasteiger partial charge in [-0.15, -0.1) is 0 Å². The van der Waals surface area contributed by atoms with Crippen molar-refractivity contribution in [2.45, 2.75) is 0 Å². The van der Waals surface area contributed by atoms with Crippen molar-refractivity contribution in [2.75, 3.05) is 0 Å². The molecule has 0 fully saturated rings. The van der Waals surface area contributed by atoms with Gasteiger partial charge in [-0.2, -0.15) is 0 Å². The molecule has 0 unspecified atom stereocenters. The van der Waals surface area contributed by atoms with Gasteiger partial charge in [-0.05, 0) is 46.7 Å². The summed E-state index contributed by atoms with van der Waals surface area (Å²) in [6.07, 6.45) is 3.63. The van der Waals surface area contributed by atoms with E-state index in [4.69, 9.17) is 11.6 Å². The number of nitro groups is 1. The Morgan fingerprint density at radius 2 is 1.61 bits per heavy atom. The van der Waals surface area contributed by atoms with Crippen molar-refractivity contribution in [1.82, 2.24) is 9.55 Å². The zero-order valence-electron chi connectivity index (χ0n) is 17.2. The number of benzene rings is 4. The van der Waals surface area contributed by atoms with Gasteiger partial charge in [0.2, 0.25) is 0 Å². The van der Waals surface area contributed by atoms with E-state index in [0.29, 0.717) is 22.4 Å². The fourth-order valence-electron chi connectivity index (χ4n) is 3.85. The third-order valence-electron chi connectivity index (χ3n) is 5.42. The van der Waals surface area contributed by atoms with Crippen molar-refractivity contribution >= 4 is 51.1 Å². The fraction of sp³-hybridized carbons (Fsp3) is 0. The van der Waals surface area contributed by atoms with Crippen LogP contribution in [0.1, 0.15) is 11.4 Å². The van der Waals surface area contributed by atoms with Gasteiger partial charge in [0.15, 0.2) is 0 Å². The summed E-state index contributed by atoms with van der Waals surface area (Å²) in [6.45, 7) is 0. The second-order valence-corrected chi connectivity index (χ2v) is 7.83.